The van der Waals surface area contributed by atoms with Crippen LogP contribution in [0.1, 0.15) is 39.3 Å². The molecule has 0 saturated carbocycles. The number of aromatic nitrogens is 1. The lowest BCUT2D eigenvalue weighted by molar-refractivity contribution is -0.131. The first-order valence-corrected chi connectivity index (χ1v) is 9.89. The molecular weight excluding hydrogens is 370 g/mol. The molecule has 1 aliphatic heterocycles. The van der Waals surface area contributed by atoms with Crippen LogP contribution in [-0.4, -0.2) is 27.4 Å². The van der Waals surface area contributed by atoms with Gasteiger partial charge in [0.25, 0.3) is 5.91 Å². The van der Waals surface area contributed by atoms with Crippen LogP contribution in [0.5, 0.6) is 0 Å². The lowest BCUT2D eigenvalue weighted by Crippen LogP contribution is -2.44. The van der Waals surface area contributed by atoms with Crippen molar-refractivity contribution in [1.82, 2.24) is 15.2 Å². The van der Waals surface area contributed by atoms with Gasteiger partial charge in [-0.15, -0.1) is 11.3 Å². The number of carbonyl (C=O) groups excluding carboxylic acids is 2. The molecule has 1 atom stereocenters. The van der Waals surface area contributed by atoms with Gasteiger partial charge < -0.3 is 5.32 Å². The number of nitrogens with zero attached hydrogens (tertiary/aromatic N) is 2. The molecule has 1 aliphatic rings. The second kappa shape index (κ2) is 7.37. The molecule has 0 aliphatic carbocycles. The zero-order valence-electron chi connectivity index (χ0n) is 15.1. The Hall–Kier alpha value is -1.92. The van der Waals surface area contributed by atoms with Crippen LogP contribution in [-0.2, 0) is 11.3 Å². The van der Waals surface area contributed by atoms with Crippen molar-refractivity contribution in [3.63, 3.8) is 0 Å². The van der Waals surface area contributed by atoms with E-state index in [0.717, 1.165) is 17.0 Å². The summed E-state index contributed by atoms with van der Waals surface area (Å²) in [5.41, 5.74) is 0.845. The first-order chi connectivity index (χ1) is 12.3. The van der Waals surface area contributed by atoms with Gasteiger partial charge in [0, 0.05) is 16.0 Å². The third-order valence-electron chi connectivity index (χ3n) is 4.53. The summed E-state index contributed by atoms with van der Waals surface area (Å²) in [5, 5.41) is 6.24. The largest absolute Gasteiger partial charge is 0.325 e. The van der Waals surface area contributed by atoms with Crippen LogP contribution in [0, 0.1) is 5.92 Å². The first kappa shape index (κ1) is 18.9. The molecule has 0 radical (unpaired) electrons. The third kappa shape index (κ3) is 3.91. The molecule has 7 heteroatoms. The fourth-order valence-corrected chi connectivity index (χ4v) is 3.85. The summed E-state index contributed by atoms with van der Waals surface area (Å²) < 4.78 is 0. The predicted molar refractivity (Wildman–Crippen MR) is 104 cm³/mol. The summed E-state index contributed by atoms with van der Waals surface area (Å²) in [6.45, 7) is 6.20. The number of imide groups is 1. The predicted octanol–water partition coefficient (Wildman–Crippen LogP) is 4.71. The number of benzene rings is 1. The molecule has 5 nitrogen and oxygen atoms in total. The van der Waals surface area contributed by atoms with Gasteiger partial charge in [0.2, 0.25) is 0 Å². The van der Waals surface area contributed by atoms with Crippen LogP contribution in [0.25, 0.3) is 10.6 Å². The van der Waals surface area contributed by atoms with E-state index in [9.17, 15) is 9.59 Å². The molecular formula is C19H22ClN3O2S. The Kier molecular flexibility index (Phi) is 5.34. The summed E-state index contributed by atoms with van der Waals surface area (Å²) in [5.74, 6) is 0.301. The standard InChI is InChI=1S/C19H22ClN3O2S/c1-12(2)8-9-19(3)17(24)23(18(25)22-19)10-15-11-26-16(21-15)13-4-6-14(20)7-5-13/h4-7,11-12H,8-10H2,1-3H3,(H,22,25). The zero-order chi connectivity index (χ0) is 18.9. The molecule has 0 spiro atoms. The van der Waals surface area contributed by atoms with E-state index in [4.69, 9.17) is 11.6 Å². The fraction of sp³-hybridized carbons (Fsp3) is 0.421. The highest BCUT2D eigenvalue weighted by atomic mass is 35.5. The van der Waals surface area contributed by atoms with Gasteiger partial charge in [0.15, 0.2) is 0 Å². The van der Waals surface area contributed by atoms with Crippen LogP contribution in [0.3, 0.4) is 0 Å². The van der Waals surface area contributed by atoms with E-state index in [1.165, 1.54) is 16.2 Å². The summed E-state index contributed by atoms with van der Waals surface area (Å²) in [6, 6.07) is 7.09. The molecule has 1 fully saturated rings. The van der Waals surface area contributed by atoms with E-state index in [1.54, 1.807) is 6.92 Å². The maximum atomic E-state index is 12.8. The van der Waals surface area contributed by atoms with Gasteiger partial charge in [-0.2, -0.15) is 0 Å². The smallest absolute Gasteiger partial charge is 0.323 e. The SMILES string of the molecule is CC(C)CCC1(C)NC(=O)N(Cc2csc(-c3ccc(Cl)cc3)n2)C1=O. The van der Waals surface area contributed by atoms with Crippen molar-refractivity contribution in [1.29, 1.82) is 0 Å². The molecule has 3 amide bonds. The maximum absolute atomic E-state index is 12.8. The minimum Gasteiger partial charge on any atom is -0.323 e. The second-order valence-corrected chi connectivity index (χ2v) is 8.53. The molecule has 1 aromatic carbocycles. The van der Waals surface area contributed by atoms with Gasteiger partial charge in [0.05, 0.1) is 12.2 Å². The molecule has 0 bridgehead atoms. The van der Waals surface area contributed by atoms with Gasteiger partial charge in [-0.3, -0.25) is 9.69 Å². The summed E-state index contributed by atoms with van der Waals surface area (Å²) in [7, 11) is 0. The highest BCUT2D eigenvalue weighted by molar-refractivity contribution is 7.13. The highest BCUT2D eigenvalue weighted by Gasteiger charge is 2.47. The first-order valence-electron chi connectivity index (χ1n) is 8.63. The molecule has 138 valence electrons. The number of carbonyl (C=O) groups is 2. The van der Waals surface area contributed by atoms with Crippen molar-refractivity contribution in [2.24, 2.45) is 5.92 Å². The Morgan fingerprint density at radius 2 is 1.96 bits per heavy atom. The van der Waals surface area contributed by atoms with Gasteiger partial charge in [-0.25, -0.2) is 9.78 Å². The second-order valence-electron chi connectivity index (χ2n) is 7.24. The number of urea groups is 1. The number of nitrogens with one attached hydrogen (secondary N) is 1. The summed E-state index contributed by atoms with van der Waals surface area (Å²) >= 11 is 7.40. The normalized spacial score (nSPS) is 20.1. The summed E-state index contributed by atoms with van der Waals surface area (Å²) in [4.78, 5) is 30.9. The number of rotatable bonds is 6. The van der Waals surface area contributed by atoms with E-state index in [2.05, 4.69) is 24.1 Å². The van der Waals surface area contributed by atoms with E-state index in [-0.39, 0.29) is 18.5 Å². The average Bonchev–Trinajstić information content (AvgIpc) is 3.13. The van der Waals surface area contributed by atoms with Gasteiger partial charge >= 0.3 is 6.03 Å². The van der Waals surface area contributed by atoms with Crippen molar-refractivity contribution >= 4 is 34.9 Å². The topological polar surface area (TPSA) is 62.3 Å². The van der Waals surface area contributed by atoms with Crippen LogP contribution in [0.4, 0.5) is 4.79 Å². The van der Waals surface area contributed by atoms with Crippen molar-refractivity contribution < 1.29 is 9.59 Å². The number of hydrogen-bond donors (Lipinski definition) is 1. The van der Waals surface area contributed by atoms with Gasteiger partial charge in [0.1, 0.15) is 10.5 Å². The fourth-order valence-electron chi connectivity index (χ4n) is 2.90. The maximum Gasteiger partial charge on any atom is 0.325 e. The van der Waals surface area contributed by atoms with Crippen molar-refractivity contribution in [2.45, 2.75) is 45.7 Å². The van der Waals surface area contributed by atoms with Crippen LogP contribution in [0.2, 0.25) is 5.02 Å². The average molecular weight is 392 g/mol. The zero-order valence-corrected chi connectivity index (χ0v) is 16.7. The van der Waals surface area contributed by atoms with Gasteiger partial charge in [-0.1, -0.05) is 37.6 Å². The lowest BCUT2D eigenvalue weighted by Gasteiger charge is -2.22. The molecule has 1 saturated heterocycles. The molecule has 2 aromatic rings. The lowest BCUT2D eigenvalue weighted by atomic mass is 9.92. The van der Waals surface area contributed by atoms with E-state index in [0.29, 0.717) is 23.1 Å². The molecule has 1 aromatic heterocycles. The Balaban J connectivity index is 1.72. The van der Waals surface area contributed by atoms with Gasteiger partial charge in [-0.05, 0) is 37.8 Å². The van der Waals surface area contributed by atoms with Crippen LogP contribution < -0.4 is 5.32 Å². The number of hydrogen-bond acceptors (Lipinski definition) is 4. The molecule has 1 unspecified atom stereocenters. The Morgan fingerprint density at radius 1 is 1.27 bits per heavy atom. The minimum atomic E-state index is -0.823. The van der Waals surface area contributed by atoms with E-state index in [1.807, 2.05) is 29.6 Å². The number of amides is 3. The van der Waals surface area contributed by atoms with Crippen molar-refractivity contribution in [3.8, 4) is 10.6 Å². The quantitative estimate of drug-likeness (QED) is 0.725. The third-order valence-corrected chi connectivity index (χ3v) is 5.72. The van der Waals surface area contributed by atoms with Crippen molar-refractivity contribution in [3.05, 3.63) is 40.4 Å². The van der Waals surface area contributed by atoms with Crippen LogP contribution in [0.15, 0.2) is 29.6 Å². The highest BCUT2D eigenvalue weighted by Crippen LogP contribution is 2.28. The van der Waals surface area contributed by atoms with E-state index < -0.39 is 5.54 Å². The number of thiazole rings is 1. The monoisotopic (exact) mass is 391 g/mol. The Morgan fingerprint density at radius 3 is 2.62 bits per heavy atom. The molecule has 2 heterocycles. The van der Waals surface area contributed by atoms with Crippen LogP contribution >= 0.6 is 22.9 Å². The Bertz CT molecular complexity index is 818. The minimum absolute atomic E-state index is 0.177. The number of halogens is 1. The molecule has 1 N–H and O–H groups in total. The molecule has 3 rings (SSSR count). The van der Waals surface area contributed by atoms with Crippen molar-refractivity contribution in [2.75, 3.05) is 0 Å². The summed E-state index contributed by atoms with van der Waals surface area (Å²) in [6.07, 6.45) is 1.52. The molecule has 26 heavy (non-hydrogen) atoms. The Labute approximate surface area is 162 Å². The van der Waals surface area contributed by atoms with E-state index >= 15 is 0 Å².